The molecule has 1 heterocycles. The van der Waals surface area contributed by atoms with E-state index in [1.165, 1.54) is 19.1 Å². The van der Waals surface area contributed by atoms with Crippen LogP contribution in [0, 0.1) is 0 Å². The van der Waals surface area contributed by atoms with E-state index in [-0.39, 0.29) is 17.9 Å². The van der Waals surface area contributed by atoms with Gasteiger partial charge in [0.1, 0.15) is 12.0 Å². The van der Waals surface area contributed by atoms with Crippen molar-refractivity contribution in [3.8, 4) is 5.75 Å². The maximum absolute atomic E-state index is 13.5. The molecular formula is C21H16ClF3O4. The molecule has 0 aliphatic carbocycles. The molecular weight excluding hydrogens is 409 g/mol. The third-order valence-electron chi connectivity index (χ3n) is 4.34. The molecule has 1 aliphatic heterocycles. The summed E-state index contributed by atoms with van der Waals surface area (Å²) in [4.78, 5) is 22.7. The van der Waals surface area contributed by atoms with Crippen LogP contribution in [0.25, 0.3) is 6.08 Å². The minimum atomic E-state index is -4.79. The van der Waals surface area contributed by atoms with E-state index in [9.17, 15) is 22.8 Å². The van der Waals surface area contributed by atoms with E-state index in [4.69, 9.17) is 21.1 Å². The van der Waals surface area contributed by atoms with E-state index in [0.29, 0.717) is 28.9 Å². The molecule has 3 rings (SSSR count). The Balaban J connectivity index is 1.97. The molecule has 0 radical (unpaired) electrons. The maximum Gasteiger partial charge on any atom is 0.430 e. The zero-order chi connectivity index (χ0) is 21.2. The van der Waals surface area contributed by atoms with Crippen LogP contribution in [0.5, 0.6) is 5.75 Å². The quantitative estimate of drug-likeness (QED) is 0.500. The van der Waals surface area contributed by atoms with Gasteiger partial charge in [-0.15, -0.1) is 0 Å². The Bertz CT molecular complexity index is 965. The summed E-state index contributed by atoms with van der Waals surface area (Å²) >= 11 is 6.31. The monoisotopic (exact) mass is 424 g/mol. The second-order valence-electron chi connectivity index (χ2n) is 6.38. The molecule has 0 saturated heterocycles. The van der Waals surface area contributed by atoms with Gasteiger partial charge in [0.05, 0.1) is 12.2 Å². The minimum Gasteiger partial charge on any atom is -0.475 e. The number of halogens is 4. The highest BCUT2D eigenvalue weighted by Gasteiger charge is 2.48. The second-order valence-corrected chi connectivity index (χ2v) is 6.78. The average Bonchev–Trinajstić information content (AvgIpc) is 2.67. The Kier molecular flexibility index (Phi) is 5.98. The number of rotatable bonds is 5. The summed E-state index contributed by atoms with van der Waals surface area (Å²) in [5.74, 6) is -1.11. The van der Waals surface area contributed by atoms with E-state index in [2.05, 4.69) is 0 Å². The number of carbonyl (C=O) groups is 2. The Morgan fingerprint density at radius 3 is 2.52 bits per heavy atom. The van der Waals surface area contributed by atoms with Crippen LogP contribution in [0.4, 0.5) is 13.2 Å². The van der Waals surface area contributed by atoms with Crippen molar-refractivity contribution in [1.82, 2.24) is 0 Å². The lowest BCUT2D eigenvalue weighted by atomic mass is 9.97. The van der Waals surface area contributed by atoms with Gasteiger partial charge in [-0.1, -0.05) is 35.9 Å². The molecule has 1 atom stereocenters. The summed E-state index contributed by atoms with van der Waals surface area (Å²) < 4.78 is 50.2. The standard InChI is InChI=1S/C21H16ClF3O4/c1-2-28-20(27)16-8-15-9-17(22)14(7-12-3-5-13(11-26)6-4-12)10-18(15)29-19(16)21(23,24)25/h3-6,8-11,19H,2,7H2,1H3. The fraction of sp³-hybridized carbons (Fsp3) is 0.238. The molecule has 2 aromatic carbocycles. The first-order valence-electron chi connectivity index (χ1n) is 8.71. The number of alkyl halides is 3. The van der Waals surface area contributed by atoms with Gasteiger partial charge in [-0.3, -0.25) is 4.79 Å². The van der Waals surface area contributed by atoms with Crippen LogP contribution in [0.1, 0.15) is 34.0 Å². The van der Waals surface area contributed by atoms with E-state index >= 15 is 0 Å². The van der Waals surface area contributed by atoms with Crippen LogP contribution < -0.4 is 4.74 Å². The Labute approximate surface area is 169 Å². The van der Waals surface area contributed by atoms with Crippen molar-refractivity contribution in [2.45, 2.75) is 25.6 Å². The van der Waals surface area contributed by atoms with E-state index in [1.807, 2.05) is 0 Å². The van der Waals surface area contributed by atoms with Crippen molar-refractivity contribution in [3.05, 3.63) is 69.2 Å². The van der Waals surface area contributed by atoms with Crippen molar-refractivity contribution in [2.24, 2.45) is 0 Å². The number of carbonyl (C=O) groups excluding carboxylic acids is 2. The van der Waals surface area contributed by atoms with Gasteiger partial charge in [-0.25, -0.2) is 4.79 Å². The maximum atomic E-state index is 13.5. The Morgan fingerprint density at radius 2 is 1.93 bits per heavy atom. The second kappa shape index (κ2) is 8.29. The summed E-state index contributed by atoms with van der Waals surface area (Å²) in [5.41, 5.74) is 1.53. The molecule has 0 bridgehead atoms. The van der Waals surface area contributed by atoms with Gasteiger partial charge in [0.15, 0.2) is 0 Å². The molecule has 0 saturated carbocycles. The molecule has 0 fully saturated rings. The van der Waals surface area contributed by atoms with E-state index in [0.717, 1.165) is 11.6 Å². The van der Waals surface area contributed by atoms with Crippen LogP contribution in [0.2, 0.25) is 5.02 Å². The van der Waals surface area contributed by atoms with Gasteiger partial charge in [0, 0.05) is 16.1 Å². The summed E-state index contributed by atoms with van der Waals surface area (Å²) in [5, 5.41) is 0.316. The van der Waals surface area contributed by atoms with E-state index < -0.39 is 23.8 Å². The normalized spacial score (nSPS) is 15.8. The van der Waals surface area contributed by atoms with Crippen molar-refractivity contribution < 1.29 is 32.2 Å². The van der Waals surface area contributed by atoms with Gasteiger partial charge in [-0.2, -0.15) is 13.2 Å². The minimum absolute atomic E-state index is 0.0238. The molecule has 0 amide bonds. The van der Waals surface area contributed by atoms with Gasteiger partial charge < -0.3 is 9.47 Å². The number of fused-ring (bicyclic) bond motifs is 1. The molecule has 1 aliphatic rings. The molecule has 0 spiro atoms. The van der Waals surface area contributed by atoms with Crippen molar-refractivity contribution >= 4 is 29.9 Å². The molecule has 2 aromatic rings. The van der Waals surface area contributed by atoms with E-state index in [1.54, 1.807) is 24.3 Å². The topological polar surface area (TPSA) is 52.6 Å². The average molecular weight is 425 g/mol. The predicted molar refractivity (Wildman–Crippen MR) is 101 cm³/mol. The smallest absolute Gasteiger partial charge is 0.430 e. The van der Waals surface area contributed by atoms with Gasteiger partial charge in [-0.05, 0) is 42.7 Å². The molecule has 1 unspecified atom stereocenters. The molecule has 4 nitrogen and oxygen atoms in total. The van der Waals surface area contributed by atoms with Crippen molar-refractivity contribution in [2.75, 3.05) is 6.61 Å². The number of ether oxygens (including phenoxy) is 2. The van der Waals surface area contributed by atoms with Crippen LogP contribution in [0.3, 0.4) is 0 Å². The number of hydrogen-bond donors (Lipinski definition) is 0. The number of hydrogen-bond acceptors (Lipinski definition) is 4. The number of benzene rings is 2. The van der Waals surface area contributed by atoms with Crippen molar-refractivity contribution in [1.29, 1.82) is 0 Å². The van der Waals surface area contributed by atoms with Crippen molar-refractivity contribution in [3.63, 3.8) is 0 Å². The molecule has 8 heteroatoms. The fourth-order valence-corrected chi connectivity index (χ4v) is 3.19. The zero-order valence-corrected chi connectivity index (χ0v) is 16.0. The van der Waals surface area contributed by atoms with Gasteiger partial charge >= 0.3 is 12.1 Å². The third-order valence-corrected chi connectivity index (χ3v) is 4.69. The highest BCUT2D eigenvalue weighted by atomic mass is 35.5. The molecule has 29 heavy (non-hydrogen) atoms. The highest BCUT2D eigenvalue weighted by Crippen LogP contribution is 2.40. The predicted octanol–water partition coefficient (Wildman–Crippen LogP) is 5.01. The molecule has 0 aromatic heterocycles. The third kappa shape index (κ3) is 4.62. The number of aldehydes is 1. The Hall–Kier alpha value is -2.80. The van der Waals surface area contributed by atoms with Gasteiger partial charge in [0.2, 0.25) is 6.10 Å². The number of esters is 1. The van der Waals surface area contributed by atoms with Crippen LogP contribution in [0.15, 0.2) is 42.0 Å². The summed E-state index contributed by atoms with van der Waals surface area (Å²) in [7, 11) is 0. The SMILES string of the molecule is CCOC(=O)C1=Cc2cc(Cl)c(Cc3ccc(C=O)cc3)cc2OC1C(F)(F)F. The first kappa shape index (κ1) is 20.9. The van der Waals surface area contributed by atoms with Crippen LogP contribution in [-0.2, 0) is 16.0 Å². The lowest BCUT2D eigenvalue weighted by Gasteiger charge is -2.28. The first-order chi connectivity index (χ1) is 13.7. The molecule has 0 N–H and O–H groups in total. The fourth-order valence-electron chi connectivity index (χ4n) is 2.95. The van der Waals surface area contributed by atoms with Crippen LogP contribution >= 0.6 is 11.6 Å². The van der Waals surface area contributed by atoms with Gasteiger partial charge in [0.25, 0.3) is 0 Å². The first-order valence-corrected chi connectivity index (χ1v) is 9.09. The summed E-state index contributed by atoms with van der Waals surface area (Å²) in [6.45, 7) is 1.44. The highest BCUT2D eigenvalue weighted by molar-refractivity contribution is 6.31. The lowest BCUT2D eigenvalue weighted by molar-refractivity contribution is -0.187. The summed E-state index contributed by atoms with van der Waals surface area (Å²) in [6.07, 6.45) is -5.06. The summed E-state index contributed by atoms with van der Waals surface area (Å²) in [6, 6.07) is 9.63. The lowest BCUT2D eigenvalue weighted by Crippen LogP contribution is -2.40. The van der Waals surface area contributed by atoms with Crippen LogP contribution in [-0.4, -0.2) is 31.1 Å². The molecule has 152 valence electrons. The Morgan fingerprint density at radius 1 is 1.24 bits per heavy atom. The largest absolute Gasteiger partial charge is 0.475 e. The zero-order valence-electron chi connectivity index (χ0n) is 15.3.